The number of rotatable bonds is 5. The molecule has 0 radical (unpaired) electrons. The van der Waals surface area contributed by atoms with E-state index in [1.807, 2.05) is 12.1 Å². The van der Waals surface area contributed by atoms with Crippen molar-refractivity contribution >= 4 is 11.0 Å². The summed E-state index contributed by atoms with van der Waals surface area (Å²) in [5, 5.41) is 10.7. The molecule has 2 fully saturated rings. The van der Waals surface area contributed by atoms with Gasteiger partial charge in [-0.05, 0) is 31.4 Å². The molecular formula is C20H28N2O2. The fraction of sp³-hybridized carbons (Fsp3) is 0.600. The molecule has 1 N–H and O–H groups in total. The molecule has 1 aromatic carbocycles. The van der Waals surface area contributed by atoms with E-state index in [4.69, 9.17) is 4.42 Å². The third kappa shape index (κ3) is 3.37. The molecule has 1 aliphatic heterocycles. The third-order valence-corrected chi connectivity index (χ3v) is 5.72. The Morgan fingerprint density at radius 1 is 1.12 bits per heavy atom. The fourth-order valence-electron chi connectivity index (χ4n) is 4.54. The zero-order valence-corrected chi connectivity index (χ0v) is 14.4. The molecule has 0 amide bonds. The number of furan rings is 1. The number of aliphatic hydroxyl groups is 1. The third-order valence-electron chi connectivity index (χ3n) is 5.72. The van der Waals surface area contributed by atoms with Gasteiger partial charge in [0, 0.05) is 43.7 Å². The largest absolute Gasteiger partial charge is 0.460 e. The minimum Gasteiger partial charge on any atom is -0.460 e. The Morgan fingerprint density at radius 2 is 1.96 bits per heavy atom. The average molecular weight is 328 g/mol. The molecule has 1 aliphatic carbocycles. The van der Waals surface area contributed by atoms with Crippen LogP contribution in [-0.4, -0.2) is 53.2 Å². The van der Waals surface area contributed by atoms with Gasteiger partial charge in [-0.25, -0.2) is 0 Å². The van der Waals surface area contributed by atoms with Crippen LogP contribution < -0.4 is 0 Å². The van der Waals surface area contributed by atoms with Gasteiger partial charge in [0.1, 0.15) is 11.3 Å². The number of hydrogen-bond acceptors (Lipinski definition) is 4. The number of benzene rings is 1. The summed E-state index contributed by atoms with van der Waals surface area (Å²) < 4.78 is 5.99. The van der Waals surface area contributed by atoms with E-state index < -0.39 is 0 Å². The van der Waals surface area contributed by atoms with Crippen molar-refractivity contribution in [3.05, 3.63) is 36.1 Å². The number of piperazine rings is 1. The van der Waals surface area contributed by atoms with Gasteiger partial charge in [-0.2, -0.15) is 0 Å². The Morgan fingerprint density at radius 3 is 2.75 bits per heavy atom. The van der Waals surface area contributed by atoms with E-state index in [0.29, 0.717) is 6.04 Å². The summed E-state index contributed by atoms with van der Waals surface area (Å²) in [4.78, 5) is 5.17. The Balaban J connectivity index is 1.43. The van der Waals surface area contributed by atoms with Gasteiger partial charge in [0.2, 0.25) is 0 Å². The lowest BCUT2D eigenvalue weighted by Gasteiger charge is -2.44. The summed E-state index contributed by atoms with van der Waals surface area (Å²) >= 11 is 0. The average Bonchev–Trinajstić information content (AvgIpc) is 3.24. The van der Waals surface area contributed by atoms with Gasteiger partial charge in [0.05, 0.1) is 6.54 Å². The van der Waals surface area contributed by atoms with E-state index in [1.54, 1.807) is 0 Å². The van der Waals surface area contributed by atoms with Gasteiger partial charge in [0.25, 0.3) is 0 Å². The molecule has 1 aromatic heterocycles. The molecule has 130 valence electrons. The minimum atomic E-state index is 0.284. The van der Waals surface area contributed by atoms with Crippen LogP contribution in [0.4, 0.5) is 0 Å². The predicted molar refractivity (Wildman–Crippen MR) is 95.9 cm³/mol. The van der Waals surface area contributed by atoms with Crippen LogP contribution in [0.3, 0.4) is 0 Å². The van der Waals surface area contributed by atoms with Crippen molar-refractivity contribution in [2.24, 2.45) is 0 Å². The van der Waals surface area contributed by atoms with Gasteiger partial charge in [0.15, 0.2) is 0 Å². The number of nitrogens with zero attached hydrogens (tertiary/aromatic N) is 2. The number of aliphatic hydroxyl groups excluding tert-OH is 1. The molecule has 4 heteroatoms. The number of fused-ring (bicyclic) bond motifs is 1. The molecule has 4 nitrogen and oxygen atoms in total. The van der Waals surface area contributed by atoms with Crippen LogP contribution in [0.5, 0.6) is 0 Å². The highest BCUT2D eigenvalue weighted by Crippen LogP contribution is 2.28. The van der Waals surface area contributed by atoms with Crippen LogP contribution in [0, 0.1) is 0 Å². The Labute approximate surface area is 144 Å². The minimum absolute atomic E-state index is 0.284. The molecule has 1 atom stereocenters. The molecule has 24 heavy (non-hydrogen) atoms. The topological polar surface area (TPSA) is 39.9 Å². The van der Waals surface area contributed by atoms with E-state index in [1.165, 1.54) is 31.1 Å². The van der Waals surface area contributed by atoms with E-state index in [9.17, 15) is 5.11 Å². The van der Waals surface area contributed by atoms with Gasteiger partial charge in [-0.15, -0.1) is 0 Å². The van der Waals surface area contributed by atoms with Crippen LogP contribution >= 0.6 is 0 Å². The smallest absolute Gasteiger partial charge is 0.134 e. The monoisotopic (exact) mass is 328 g/mol. The summed E-state index contributed by atoms with van der Waals surface area (Å²) in [5.74, 6) is 1.05. The van der Waals surface area contributed by atoms with Gasteiger partial charge in [-0.1, -0.05) is 31.0 Å². The maximum absolute atomic E-state index is 9.49. The quantitative estimate of drug-likeness (QED) is 0.915. The van der Waals surface area contributed by atoms with E-state index in [0.717, 1.165) is 50.0 Å². The zero-order valence-electron chi connectivity index (χ0n) is 14.4. The van der Waals surface area contributed by atoms with Crippen molar-refractivity contribution in [1.82, 2.24) is 9.80 Å². The molecule has 2 aromatic rings. The second kappa shape index (κ2) is 7.26. The van der Waals surface area contributed by atoms with Gasteiger partial charge >= 0.3 is 0 Å². The molecule has 0 unspecified atom stereocenters. The Bertz CT molecular complexity index is 629. The summed E-state index contributed by atoms with van der Waals surface area (Å²) in [6, 6.07) is 11.6. The van der Waals surface area contributed by atoms with Crippen LogP contribution in [0.1, 0.15) is 37.9 Å². The maximum atomic E-state index is 9.49. The summed E-state index contributed by atoms with van der Waals surface area (Å²) in [6.45, 7) is 4.40. The molecule has 4 rings (SSSR count). The highest BCUT2D eigenvalue weighted by Gasteiger charge is 2.33. The first-order valence-electron chi connectivity index (χ1n) is 9.40. The van der Waals surface area contributed by atoms with E-state index >= 15 is 0 Å². The summed E-state index contributed by atoms with van der Waals surface area (Å²) in [7, 11) is 0. The molecule has 0 spiro atoms. The van der Waals surface area contributed by atoms with Crippen LogP contribution in [-0.2, 0) is 6.54 Å². The molecule has 1 saturated heterocycles. The molecule has 0 bridgehead atoms. The van der Waals surface area contributed by atoms with Crippen molar-refractivity contribution in [3.63, 3.8) is 0 Å². The lowest BCUT2D eigenvalue weighted by molar-refractivity contribution is 0.0245. The number of para-hydroxylation sites is 1. The normalized spacial score (nSPS) is 24.1. The Kier molecular flexibility index (Phi) is 4.88. The van der Waals surface area contributed by atoms with Crippen molar-refractivity contribution in [3.8, 4) is 0 Å². The lowest BCUT2D eigenvalue weighted by atomic mass is 10.0. The first-order valence-corrected chi connectivity index (χ1v) is 9.40. The van der Waals surface area contributed by atoms with E-state index in [2.05, 4.69) is 28.0 Å². The summed E-state index contributed by atoms with van der Waals surface area (Å²) in [5.41, 5.74) is 0.976. The second-order valence-corrected chi connectivity index (χ2v) is 7.33. The molecule has 2 aliphatic rings. The van der Waals surface area contributed by atoms with Crippen LogP contribution in [0.25, 0.3) is 11.0 Å². The van der Waals surface area contributed by atoms with E-state index in [-0.39, 0.29) is 6.61 Å². The molecule has 1 saturated carbocycles. The number of hydrogen-bond donors (Lipinski definition) is 1. The van der Waals surface area contributed by atoms with Crippen LogP contribution in [0.2, 0.25) is 0 Å². The standard InChI is InChI=1S/C20H28N2O2/c23-12-9-18-14-21(10-11-22(18)17-6-2-3-7-17)15-19-13-16-5-1-4-8-20(16)24-19/h1,4-5,8,13,17-18,23H,2-3,6-7,9-12,14-15H2/t18-/m0/s1. The predicted octanol–water partition coefficient (Wildman–Crippen LogP) is 3.24. The Hall–Kier alpha value is -1.36. The molecule has 2 heterocycles. The second-order valence-electron chi connectivity index (χ2n) is 7.33. The van der Waals surface area contributed by atoms with Crippen molar-refractivity contribution in [1.29, 1.82) is 0 Å². The van der Waals surface area contributed by atoms with Gasteiger partial charge < -0.3 is 9.52 Å². The molecular weight excluding hydrogens is 300 g/mol. The first kappa shape index (κ1) is 16.1. The van der Waals surface area contributed by atoms with Crippen LogP contribution in [0.15, 0.2) is 34.7 Å². The highest BCUT2D eigenvalue weighted by molar-refractivity contribution is 5.77. The highest BCUT2D eigenvalue weighted by atomic mass is 16.3. The first-order chi connectivity index (χ1) is 11.8. The SMILES string of the molecule is OCC[C@H]1CN(Cc2cc3ccccc3o2)CCN1C1CCCC1. The zero-order chi connectivity index (χ0) is 16.4. The summed E-state index contributed by atoms with van der Waals surface area (Å²) in [6.07, 6.45) is 6.30. The van der Waals surface area contributed by atoms with Crippen molar-refractivity contribution < 1.29 is 9.52 Å². The fourth-order valence-corrected chi connectivity index (χ4v) is 4.54. The van der Waals surface area contributed by atoms with Gasteiger partial charge in [-0.3, -0.25) is 9.80 Å². The van der Waals surface area contributed by atoms with Crippen molar-refractivity contribution in [2.45, 2.75) is 50.7 Å². The maximum Gasteiger partial charge on any atom is 0.134 e. The lowest BCUT2D eigenvalue weighted by Crippen LogP contribution is -2.55. The van der Waals surface area contributed by atoms with Crippen molar-refractivity contribution in [2.75, 3.05) is 26.2 Å².